The molecule has 2 N–H and O–H groups in total. The summed E-state index contributed by atoms with van der Waals surface area (Å²) in [6.45, 7) is 6.10. The first-order valence-corrected chi connectivity index (χ1v) is 7.64. The summed E-state index contributed by atoms with van der Waals surface area (Å²) in [5, 5.41) is 7.50. The lowest BCUT2D eigenvalue weighted by molar-refractivity contribution is -0.856. The number of rotatable bonds is 6. The molecule has 118 valence electrons. The van der Waals surface area contributed by atoms with Gasteiger partial charge in [0.1, 0.15) is 0 Å². The van der Waals surface area contributed by atoms with Crippen LogP contribution in [-0.4, -0.2) is 42.9 Å². The van der Waals surface area contributed by atoms with Crippen molar-refractivity contribution >= 4 is 5.91 Å². The molecule has 5 nitrogen and oxygen atoms in total. The highest BCUT2D eigenvalue weighted by atomic mass is 16.1. The third-order valence-electron chi connectivity index (χ3n) is 3.69. The van der Waals surface area contributed by atoms with E-state index in [1.165, 1.54) is 10.5 Å². The van der Waals surface area contributed by atoms with E-state index in [1.54, 1.807) is 0 Å². The van der Waals surface area contributed by atoms with Crippen LogP contribution in [-0.2, 0) is 6.54 Å². The van der Waals surface area contributed by atoms with E-state index in [0.29, 0.717) is 18.7 Å². The van der Waals surface area contributed by atoms with E-state index >= 15 is 0 Å². The Labute approximate surface area is 131 Å². The van der Waals surface area contributed by atoms with Crippen LogP contribution in [0.5, 0.6) is 0 Å². The maximum atomic E-state index is 12.4. The fraction of sp³-hybridized carbons (Fsp3) is 0.412. The highest BCUT2D eigenvalue weighted by Gasteiger charge is 2.18. The molecule has 0 spiro atoms. The van der Waals surface area contributed by atoms with Crippen molar-refractivity contribution < 1.29 is 9.69 Å². The molecule has 1 heterocycles. The molecule has 1 amide bonds. The van der Waals surface area contributed by atoms with Crippen molar-refractivity contribution in [3.05, 3.63) is 52.8 Å². The van der Waals surface area contributed by atoms with Crippen molar-refractivity contribution in [1.82, 2.24) is 15.1 Å². The highest BCUT2D eigenvalue weighted by Crippen LogP contribution is 2.14. The van der Waals surface area contributed by atoms with Gasteiger partial charge in [0.2, 0.25) is 0 Å². The summed E-state index contributed by atoms with van der Waals surface area (Å²) in [6.07, 6.45) is 0. The molecular weight excluding hydrogens is 276 g/mol. The third kappa shape index (κ3) is 3.95. The number of carbonyl (C=O) groups is 1. The second kappa shape index (κ2) is 7.22. The number of benzene rings is 1. The minimum atomic E-state index is -0.0319. The number of nitrogens with one attached hydrogen (secondary N) is 2. The van der Waals surface area contributed by atoms with Crippen LogP contribution in [0.25, 0.3) is 0 Å². The van der Waals surface area contributed by atoms with E-state index in [-0.39, 0.29) is 5.91 Å². The number of quaternary nitrogens is 1. The molecule has 5 heteroatoms. The largest absolute Gasteiger partial charge is 0.346 e. The van der Waals surface area contributed by atoms with E-state index in [4.69, 9.17) is 0 Å². The predicted octanol–water partition coefficient (Wildman–Crippen LogP) is 0.423. The zero-order chi connectivity index (χ0) is 16.1. The lowest BCUT2D eigenvalue weighted by Gasteiger charge is -2.09. The van der Waals surface area contributed by atoms with Gasteiger partial charge in [-0.15, -0.1) is 0 Å². The lowest BCUT2D eigenvalue weighted by atomic mass is 10.1. The Bertz CT molecular complexity index is 632. The van der Waals surface area contributed by atoms with Gasteiger partial charge in [0, 0.05) is 5.69 Å². The maximum absolute atomic E-state index is 12.4. The average Bonchev–Trinajstić information content (AvgIpc) is 2.74. The van der Waals surface area contributed by atoms with Crippen molar-refractivity contribution in [2.45, 2.75) is 20.4 Å². The zero-order valence-corrected chi connectivity index (χ0v) is 13.8. The Morgan fingerprint density at radius 1 is 1.23 bits per heavy atom. The quantitative estimate of drug-likeness (QED) is 0.813. The number of carbonyl (C=O) groups excluding carboxylic acids is 1. The molecule has 0 radical (unpaired) electrons. The molecule has 22 heavy (non-hydrogen) atoms. The molecule has 0 aliphatic heterocycles. The molecule has 0 bridgehead atoms. The van der Waals surface area contributed by atoms with Crippen LogP contribution in [0.1, 0.15) is 27.3 Å². The Balaban J connectivity index is 2.11. The van der Waals surface area contributed by atoms with Crippen molar-refractivity contribution in [3.63, 3.8) is 0 Å². The molecule has 0 unspecified atom stereocenters. The number of likely N-dealkylation sites (N-methyl/N-ethyl adjacent to an activating group) is 1. The summed E-state index contributed by atoms with van der Waals surface area (Å²) >= 11 is 0. The van der Waals surface area contributed by atoms with Gasteiger partial charge in [0.15, 0.2) is 0 Å². The van der Waals surface area contributed by atoms with Gasteiger partial charge in [-0.1, -0.05) is 30.3 Å². The summed E-state index contributed by atoms with van der Waals surface area (Å²) < 4.78 is 1.90. The van der Waals surface area contributed by atoms with Gasteiger partial charge >= 0.3 is 0 Å². The van der Waals surface area contributed by atoms with E-state index < -0.39 is 0 Å². The molecule has 2 rings (SSSR count). The van der Waals surface area contributed by atoms with Crippen molar-refractivity contribution in [3.8, 4) is 0 Å². The molecule has 1 aromatic heterocycles. The van der Waals surface area contributed by atoms with Gasteiger partial charge in [-0.3, -0.25) is 9.48 Å². The predicted molar refractivity (Wildman–Crippen MR) is 87.3 cm³/mol. The molecule has 1 aromatic carbocycles. The first-order chi connectivity index (χ1) is 10.5. The van der Waals surface area contributed by atoms with E-state index in [1.807, 2.05) is 36.7 Å². The number of aromatic nitrogens is 2. The van der Waals surface area contributed by atoms with Gasteiger partial charge in [-0.25, -0.2) is 0 Å². The Morgan fingerprint density at radius 3 is 2.55 bits per heavy atom. The second-order valence-corrected chi connectivity index (χ2v) is 5.90. The average molecular weight is 301 g/mol. The molecule has 0 saturated heterocycles. The van der Waals surface area contributed by atoms with Crippen LogP contribution >= 0.6 is 0 Å². The molecule has 0 fully saturated rings. The Kier molecular flexibility index (Phi) is 5.33. The number of hydrogen-bond donors (Lipinski definition) is 2. The summed E-state index contributed by atoms with van der Waals surface area (Å²) in [7, 11) is 4.14. The first kappa shape index (κ1) is 16.2. The van der Waals surface area contributed by atoms with Crippen LogP contribution in [0.2, 0.25) is 0 Å². The van der Waals surface area contributed by atoms with Crippen LogP contribution in [0.4, 0.5) is 0 Å². The SMILES string of the molecule is Cc1nn(Cc2ccccc2)c(C)c1C(=O)NCC[NH+](C)C. The van der Waals surface area contributed by atoms with E-state index in [2.05, 4.69) is 36.6 Å². The topological polar surface area (TPSA) is 51.4 Å². The van der Waals surface area contributed by atoms with Crippen molar-refractivity contribution in [2.75, 3.05) is 27.2 Å². The smallest absolute Gasteiger partial charge is 0.255 e. The minimum Gasteiger partial charge on any atom is -0.346 e. The molecule has 0 aliphatic rings. The fourth-order valence-electron chi connectivity index (χ4n) is 2.45. The van der Waals surface area contributed by atoms with Crippen LogP contribution < -0.4 is 10.2 Å². The van der Waals surface area contributed by atoms with Gasteiger partial charge < -0.3 is 10.2 Å². The molecule has 2 aromatic rings. The number of nitrogens with zero attached hydrogens (tertiary/aromatic N) is 2. The minimum absolute atomic E-state index is 0.0319. The standard InChI is InChI=1S/C17H24N4O/c1-13-16(17(22)18-10-11-20(3)4)14(2)21(19-13)12-15-8-6-5-7-9-15/h5-9H,10-12H2,1-4H3,(H,18,22)/p+1. The molecular formula is C17H25N4O+. The van der Waals surface area contributed by atoms with Gasteiger partial charge in [-0.2, -0.15) is 5.10 Å². The molecule has 0 atom stereocenters. The Morgan fingerprint density at radius 2 is 1.91 bits per heavy atom. The van der Waals surface area contributed by atoms with Crippen molar-refractivity contribution in [2.24, 2.45) is 0 Å². The van der Waals surface area contributed by atoms with Crippen LogP contribution in [0.3, 0.4) is 0 Å². The zero-order valence-electron chi connectivity index (χ0n) is 13.8. The van der Waals surface area contributed by atoms with Crippen molar-refractivity contribution in [1.29, 1.82) is 0 Å². The summed E-state index contributed by atoms with van der Waals surface area (Å²) in [5.74, 6) is -0.0319. The maximum Gasteiger partial charge on any atom is 0.255 e. The van der Waals surface area contributed by atoms with Gasteiger partial charge in [-0.05, 0) is 19.4 Å². The summed E-state index contributed by atoms with van der Waals surface area (Å²) in [4.78, 5) is 13.7. The Hall–Kier alpha value is -2.14. The number of hydrogen-bond acceptors (Lipinski definition) is 2. The summed E-state index contributed by atoms with van der Waals surface area (Å²) in [5.41, 5.74) is 3.57. The molecule has 0 saturated carbocycles. The van der Waals surface area contributed by atoms with Gasteiger partial charge in [0.05, 0.1) is 45.0 Å². The second-order valence-electron chi connectivity index (χ2n) is 5.90. The number of amides is 1. The van der Waals surface area contributed by atoms with Gasteiger partial charge in [0.25, 0.3) is 5.91 Å². The van der Waals surface area contributed by atoms with E-state index in [9.17, 15) is 4.79 Å². The highest BCUT2D eigenvalue weighted by molar-refractivity contribution is 5.96. The van der Waals surface area contributed by atoms with Crippen LogP contribution in [0.15, 0.2) is 30.3 Å². The monoisotopic (exact) mass is 301 g/mol. The van der Waals surface area contributed by atoms with Crippen LogP contribution in [0, 0.1) is 13.8 Å². The fourth-order valence-corrected chi connectivity index (χ4v) is 2.45. The van der Waals surface area contributed by atoms with E-state index in [0.717, 1.165) is 17.9 Å². The number of aryl methyl sites for hydroxylation is 1. The normalized spacial score (nSPS) is 11.0. The summed E-state index contributed by atoms with van der Waals surface area (Å²) in [6, 6.07) is 10.2. The molecule has 0 aliphatic carbocycles. The first-order valence-electron chi connectivity index (χ1n) is 7.64. The lowest BCUT2D eigenvalue weighted by Crippen LogP contribution is -3.06. The third-order valence-corrected chi connectivity index (χ3v) is 3.69.